The van der Waals surface area contributed by atoms with Gasteiger partial charge in [0.05, 0.1) is 24.7 Å². The minimum Gasteiger partial charge on any atom is -0.368 e. The van der Waals surface area contributed by atoms with Crippen molar-refractivity contribution in [1.29, 1.82) is 0 Å². The molecule has 0 bridgehead atoms. The van der Waals surface area contributed by atoms with Gasteiger partial charge in [0, 0.05) is 25.0 Å². The summed E-state index contributed by atoms with van der Waals surface area (Å²) in [6.45, 7) is 4.28. The predicted molar refractivity (Wildman–Crippen MR) is 160 cm³/mol. The zero-order chi connectivity index (χ0) is 31.3. The van der Waals surface area contributed by atoms with E-state index in [1.807, 2.05) is 6.92 Å². The van der Waals surface area contributed by atoms with Gasteiger partial charge in [-0.1, -0.05) is 17.7 Å². The number of hydrogen-bond acceptors (Lipinski definition) is 11. The topological polar surface area (TPSA) is 143 Å². The first-order valence-electron chi connectivity index (χ1n) is 15.2. The Hall–Kier alpha value is -2.37. The van der Waals surface area contributed by atoms with Gasteiger partial charge in [-0.15, -0.1) is 0 Å². The second-order valence-electron chi connectivity index (χ2n) is 11.4. The molecular weight excluding hydrogens is 595 g/mol. The highest BCUT2D eigenvalue weighted by Gasteiger charge is 2.49. The van der Waals surface area contributed by atoms with E-state index in [-0.39, 0.29) is 31.0 Å². The van der Waals surface area contributed by atoms with E-state index in [2.05, 4.69) is 0 Å². The summed E-state index contributed by atoms with van der Waals surface area (Å²) in [5.74, 6) is 0. The van der Waals surface area contributed by atoms with Crippen molar-refractivity contribution in [3.8, 4) is 0 Å². The lowest BCUT2D eigenvalue weighted by Gasteiger charge is -2.31. The average Bonchev–Trinajstić information content (AvgIpc) is 3.36. The maximum Gasteiger partial charge on any atom is 0.320 e. The summed E-state index contributed by atoms with van der Waals surface area (Å²) in [5, 5.41) is 0. The van der Waals surface area contributed by atoms with Gasteiger partial charge in [0.25, 0.3) is 10.1 Å². The number of aromatic nitrogens is 2. The lowest BCUT2D eigenvalue weighted by molar-refractivity contribution is -0.225. The van der Waals surface area contributed by atoms with E-state index in [0.717, 1.165) is 42.1 Å². The molecule has 3 aliphatic rings. The number of aryl methyl sites for hydroxylation is 2. The van der Waals surface area contributed by atoms with Crippen LogP contribution >= 0.6 is 0 Å². The van der Waals surface area contributed by atoms with Crippen LogP contribution in [0.1, 0.15) is 55.9 Å². The Morgan fingerprint density at radius 1 is 0.909 bits per heavy atom. The van der Waals surface area contributed by atoms with E-state index in [0.29, 0.717) is 25.2 Å². The van der Waals surface area contributed by atoms with Crippen LogP contribution in [0.4, 0.5) is 0 Å². The molecule has 1 aromatic heterocycles. The second-order valence-corrected chi connectivity index (χ2v) is 13.0. The molecule has 0 N–H and O–H groups in total. The van der Waals surface area contributed by atoms with E-state index in [1.54, 1.807) is 19.1 Å². The number of hydrogen-bond donors (Lipinski definition) is 0. The quantitative estimate of drug-likeness (QED) is 0.188. The smallest absolute Gasteiger partial charge is 0.320 e. The number of nitrogens with zero attached hydrogens (tertiary/aromatic N) is 2. The summed E-state index contributed by atoms with van der Waals surface area (Å²) < 4.78 is 69.8. The molecule has 0 radical (unpaired) electrons. The maximum atomic E-state index is 13.3. The van der Waals surface area contributed by atoms with Crippen molar-refractivity contribution in [3.63, 3.8) is 0 Å². The molecule has 3 fully saturated rings. The Balaban J connectivity index is 1.38. The van der Waals surface area contributed by atoms with Crippen LogP contribution in [0.25, 0.3) is 0 Å². The molecule has 44 heavy (non-hydrogen) atoms. The molecule has 6 atom stereocenters. The van der Waals surface area contributed by atoms with E-state index >= 15 is 0 Å². The fraction of sp³-hybridized carbons (Fsp3) is 0.655. The number of benzene rings is 1. The van der Waals surface area contributed by atoms with Crippen LogP contribution in [-0.4, -0.2) is 89.4 Å². The van der Waals surface area contributed by atoms with Gasteiger partial charge in [0.15, 0.2) is 18.8 Å². The number of rotatable bonds is 12. The monoisotopic (exact) mass is 636 g/mol. The van der Waals surface area contributed by atoms with Gasteiger partial charge in [0.2, 0.25) is 13.5 Å². The van der Waals surface area contributed by atoms with Gasteiger partial charge in [0.1, 0.15) is 18.3 Å². The van der Waals surface area contributed by atoms with E-state index in [4.69, 9.17) is 32.6 Å². The molecule has 1 aromatic carbocycles. The van der Waals surface area contributed by atoms with Crippen molar-refractivity contribution in [3.05, 3.63) is 62.4 Å². The number of ether oxygens (including phenoxy) is 6. The normalized spacial score (nSPS) is 27.9. The molecule has 0 amide bonds. The van der Waals surface area contributed by atoms with E-state index in [1.165, 1.54) is 30.9 Å². The van der Waals surface area contributed by atoms with Gasteiger partial charge >= 0.3 is 5.69 Å². The van der Waals surface area contributed by atoms with Crippen molar-refractivity contribution >= 4 is 18.1 Å². The first kappa shape index (κ1) is 33.0. The highest BCUT2D eigenvalue weighted by atomic mass is 32.2. The Bertz CT molecular complexity index is 1470. The lowest BCUT2D eigenvalue weighted by Crippen LogP contribution is -2.46. The van der Waals surface area contributed by atoms with Crippen LogP contribution in [0.5, 0.6) is 0 Å². The molecule has 0 spiro atoms. The molecular formula is C29H41BN2O11S. The summed E-state index contributed by atoms with van der Waals surface area (Å²) >= 11 is 0. The highest BCUT2D eigenvalue weighted by Crippen LogP contribution is 2.35. The van der Waals surface area contributed by atoms with Gasteiger partial charge < -0.3 is 32.9 Å². The Morgan fingerprint density at radius 2 is 1.59 bits per heavy atom. The van der Waals surface area contributed by atoms with Crippen LogP contribution in [0.2, 0.25) is 0 Å². The zero-order valence-corrected chi connectivity index (χ0v) is 26.2. The summed E-state index contributed by atoms with van der Waals surface area (Å²) in [7, 11) is -2.62. The van der Waals surface area contributed by atoms with Crippen molar-refractivity contribution in [2.75, 3.05) is 33.0 Å². The molecule has 3 aliphatic heterocycles. The van der Waals surface area contributed by atoms with Gasteiger partial charge in [-0.2, -0.15) is 8.42 Å². The molecule has 0 aliphatic carbocycles. The molecule has 2 aromatic rings. The second kappa shape index (κ2) is 14.8. The maximum absolute atomic E-state index is 13.3. The zero-order valence-electron chi connectivity index (χ0n) is 25.4. The van der Waals surface area contributed by atoms with E-state index < -0.39 is 52.2 Å². The molecule has 4 heterocycles. The molecule has 5 rings (SSSR count). The van der Waals surface area contributed by atoms with Crippen LogP contribution in [0.15, 0.2) is 44.9 Å². The Kier molecular flexibility index (Phi) is 11.1. The molecule has 0 saturated carbocycles. The average molecular weight is 637 g/mol. The standard InChI is InChI=1S/C29H41BN2O11S/c1-19-9-11-21(12-10-19)44(35,36)41-16-15-39-26-25(43-24-8-4-6-14-38-24)22(18-40-23-7-3-5-13-37-23)42-28(26)31-17-20(2)27(33)32(30)29(31)34/h9-12,17,22-26,28H,3-8,13-16,18,30H2,1-2H3/t22?,23?,24?,25-,26?,28?/m1/s1. The minimum absolute atomic E-state index is 0.0372. The molecule has 15 heteroatoms. The largest absolute Gasteiger partial charge is 0.368 e. The fourth-order valence-corrected chi connectivity index (χ4v) is 6.47. The van der Waals surface area contributed by atoms with Gasteiger partial charge in [-0.3, -0.25) is 13.5 Å². The fourth-order valence-electron chi connectivity index (χ4n) is 5.57. The summed E-state index contributed by atoms with van der Waals surface area (Å²) in [5.41, 5.74) is 0.242. The summed E-state index contributed by atoms with van der Waals surface area (Å²) in [4.78, 5) is 25.8. The van der Waals surface area contributed by atoms with Crippen LogP contribution in [0, 0.1) is 13.8 Å². The molecule has 5 unspecified atom stereocenters. The van der Waals surface area contributed by atoms with Crippen molar-refractivity contribution in [1.82, 2.24) is 9.05 Å². The Morgan fingerprint density at radius 3 is 2.25 bits per heavy atom. The molecule has 3 saturated heterocycles. The third-order valence-corrected chi connectivity index (χ3v) is 9.34. The molecule has 242 valence electrons. The van der Waals surface area contributed by atoms with Crippen LogP contribution in [-0.2, 0) is 42.7 Å². The minimum atomic E-state index is -4.02. The van der Waals surface area contributed by atoms with E-state index in [9.17, 15) is 18.0 Å². The summed E-state index contributed by atoms with van der Waals surface area (Å²) in [6.07, 6.45) is 2.38. The Labute approximate surface area is 257 Å². The lowest BCUT2D eigenvalue weighted by atomic mass is 10.1. The summed E-state index contributed by atoms with van der Waals surface area (Å²) in [6, 6.07) is 6.34. The SMILES string of the molecule is Bn1c(=O)c(C)cn(C2OC(COC3CCCCO3)[C@@H](OC3CCCCO3)C2OCCOS(=O)(=O)c2ccc(C)cc2)c1=O. The highest BCUT2D eigenvalue weighted by molar-refractivity contribution is 7.86. The third kappa shape index (κ3) is 7.88. The van der Waals surface area contributed by atoms with Crippen LogP contribution < -0.4 is 11.2 Å². The van der Waals surface area contributed by atoms with Crippen molar-refractivity contribution in [2.24, 2.45) is 0 Å². The first-order chi connectivity index (χ1) is 21.1. The van der Waals surface area contributed by atoms with Gasteiger partial charge in [-0.05, 0) is 64.5 Å². The predicted octanol–water partition coefficient (Wildman–Crippen LogP) is 1.17. The van der Waals surface area contributed by atoms with Crippen LogP contribution in [0.3, 0.4) is 0 Å². The van der Waals surface area contributed by atoms with Gasteiger partial charge in [-0.25, -0.2) is 4.79 Å². The third-order valence-electron chi connectivity index (χ3n) is 8.02. The molecule has 13 nitrogen and oxygen atoms in total. The van der Waals surface area contributed by atoms with Crippen molar-refractivity contribution in [2.45, 2.75) is 94.4 Å². The first-order valence-corrected chi connectivity index (χ1v) is 16.6. The van der Waals surface area contributed by atoms with Crippen molar-refractivity contribution < 1.29 is 41.0 Å².